The van der Waals surface area contributed by atoms with Crippen LogP contribution in [0, 0.1) is 11.8 Å². The van der Waals surface area contributed by atoms with Gasteiger partial charge < -0.3 is 24.5 Å². The van der Waals surface area contributed by atoms with Crippen LogP contribution in [0.4, 0.5) is 0 Å². The van der Waals surface area contributed by atoms with Gasteiger partial charge in [0.25, 0.3) is 5.91 Å². The van der Waals surface area contributed by atoms with E-state index in [-0.39, 0.29) is 37.5 Å². The highest BCUT2D eigenvalue weighted by Crippen LogP contribution is 2.53. The van der Waals surface area contributed by atoms with Gasteiger partial charge in [-0.05, 0) is 19.1 Å². The first-order chi connectivity index (χ1) is 17.4. The molecule has 1 N–H and O–H groups in total. The summed E-state index contributed by atoms with van der Waals surface area (Å²) in [4.78, 5) is 46.1. The molecule has 0 aliphatic carbocycles. The number of hydrogen-bond acceptors (Lipinski definition) is 7. The summed E-state index contributed by atoms with van der Waals surface area (Å²) >= 11 is 0. The third-order valence-corrected chi connectivity index (χ3v) is 7.85. The fourth-order valence-electron chi connectivity index (χ4n) is 6.12. The molecule has 3 amide bonds. The second kappa shape index (κ2) is 8.24. The highest BCUT2D eigenvalue weighted by Gasteiger charge is 2.72. The number of carbonyl (C=O) groups is 3. The van der Waals surface area contributed by atoms with Crippen molar-refractivity contribution in [3.63, 3.8) is 0 Å². The zero-order valence-electron chi connectivity index (χ0n) is 20.1. The molecule has 2 saturated heterocycles. The van der Waals surface area contributed by atoms with Gasteiger partial charge in [0.05, 0.1) is 36.1 Å². The lowest BCUT2D eigenvalue weighted by molar-refractivity contribution is -0.151. The molecular weight excluding hydrogens is 464 g/mol. The predicted octanol–water partition coefficient (Wildman–Crippen LogP) is -0.223. The van der Waals surface area contributed by atoms with Crippen LogP contribution in [0.3, 0.4) is 0 Å². The molecule has 6 atom stereocenters. The fourth-order valence-corrected chi connectivity index (χ4v) is 6.12. The molecule has 2 fully saturated rings. The maximum absolute atomic E-state index is 14.2. The molecule has 0 radical (unpaired) electrons. The summed E-state index contributed by atoms with van der Waals surface area (Å²) in [6.45, 7) is 2.21. The molecule has 5 heterocycles. The van der Waals surface area contributed by atoms with Crippen LogP contribution < -0.4 is 0 Å². The first-order valence-corrected chi connectivity index (χ1v) is 12.1. The van der Waals surface area contributed by atoms with E-state index in [1.165, 1.54) is 4.90 Å². The van der Waals surface area contributed by atoms with Gasteiger partial charge in [-0.15, -0.1) is 5.10 Å². The van der Waals surface area contributed by atoms with E-state index >= 15 is 0 Å². The third-order valence-electron chi connectivity index (χ3n) is 7.85. The Morgan fingerprint density at radius 2 is 1.94 bits per heavy atom. The molecule has 0 saturated carbocycles. The van der Waals surface area contributed by atoms with Gasteiger partial charge in [-0.25, -0.2) is 4.68 Å². The van der Waals surface area contributed by atoms with Crippen molar-refractivity contribution in [2.75, 3.05) is 26.7 Å². The topological polar surface area (TPSA) is 121 Å². The van der Waals surface area contributed by atoms with Gasteiger partial charge in [-0.1, -0.05) is 41.7 Å². The molecule has 1 unspecified atom stereocenters. The molecular formula is C25H28N6O5. The monoisotopic (exact) mass is 492 g/mol. The van der Waals surface area contributed by atoms with Crippen molar-refractivity contribution in [1.82, 2.24) is 29.7 Å². The largest absolute Gasteiger partial charge is 0.394 e. The number of para-hydroxylation sites is 1. The zero-order chi connectivity index (χ0) is 25.2. The molecule has 4 aliphatic heterocycles. The molecule has 11 nitrogen and oxygen atoms in total. The normalized spacial score (nSPS) is 32.5. The summed E-state index contributed by atoms with van der Waals surface area (Å²) in [6.07, 6.45) is 6.68. The Balaban J connectivity index is 1.42. The minimum Gasteiger partial charge on any atom is -0.394 e. The quantitative estimate of drug-likeness (QED) is 0.586. The van der Waals surface area contributed by atoms with Gasteiger partial charge >= 0.3 is 0 Å². The Morgan fingerprint density at radius 1 is 1.14 bits per heavy atom. The number of nitrogens with zero attached hydrogens (tertiary/aromatic N) is 6. The summed E-state index contributed by atoms with van der Waals surface area (Å²) in [5, 5.41) is 18.4. The van der Waals surface area contributed by atoms with Crippen molar-refractivity contribution in [3.8, 4) is 0 Å². The predicted molar refractivity (Wildman–Crippen MR) is 127 cm³/mol. The van der Waals surface area contributed by atoms with Crippen LogP contribution in [0.5, 0.6) is 0 Å². The first-order valence-electron chi connectivity index (χ1n) is 12.1. The van der Waals surface area contributed by atoms with Crippen LogP contribution in [-0.4, -0.2) is 103 Å². The van der Waals surface area contributed by atoms with Crippen molar-refractivity contribution in [3.05, 3.63) is 48.6 Å². The minimum atomic E-state index is -1.32. The molecule has 11 heteroatoms. The molecule has 1 spiro atoms. The number of aliphatic hydroxyl groups excluding tert-OH is 1. The number of hydrogen-bond donors (Lipinski definition) is 1. The summed E-state index contributed by atoms with van der Waals surface area (Å²) in [6, 6.07) is 5.82. The van der Waals surface area contributed by atoms with Gasteiger partial charge in [0, 0.05) is 20.1 Å². The fraction of sp³-hybridized carbons (Fsp3) is 0.480. The second-order valence-electron chi connectivity index (χ2n) is 9.95. The Hall–Kier alpha value is -3.57. The van der Waals surface area contributed by atoms with Crippen LogP contribution in [0.25, 0.3) is 11.0 Å². The number of likely N-dealkylation sites (tertiary alicyclic amines) is 1. The second-order valence-corrected chi connectivity index (χ2v) is 9.95. The van der Waals surface area contributed by atoms with Crippen molar-refractivity contribution >= 4 is 28.8 Å². The van der Waals surface area contributed by atoms with Crippen LogP contribution >= 0.6 is 0 Å². The van der Waals surface area contributed by atoms with Crippen molar-refractivity contribution in [2.24, 2.45) is 11.8 Å². The smallest absolute Gasteiger partial charge is 0.250 e. The van der Waals surface area contributed by atoms with Crippen LogP contribution in [-0.2, 0) is 25.8 Å². The number of aromatic nitrogens is 3. The summed E-state index contributed by atoms with van der Waals surface area (Å²) < 4.78 is 8.18. The van der Waals surface area contributed by atoms with E-state index in [9.17, 15) is 19.5 Å². The van der Waals surface area contributed by atoms with E-state index in [1.54, 1.807) is 34.5 Å². The van der Waals surface area contributed by atoms with E-state index < -0.39 is 35.6 Å². The number of aliphatic hydroxyl groups is 1. The number of ether oxygens (including phenoxy) is 1. The molecule has 1 aromatic heterocycles. The standard InChI is InChI=1S/C25H28N6O5/c1-15(13-32)31-21-24(35)29(14-30-17-8-4-3-7-16(17)26-27-30)12-6-10-25(21)20(23(31)34)19-18(36-25)9-5-11-28(2)22(19)33/h3-10,15,18-21,32H,11-14H2,1-2H3/t15-,18+,19-,20+,21?,25+/m1/s1. The summed E-state index contributed by atoms with van der Waals surface area (Å²) in [5.41, 5.74) is 0.184. The first kappa shape index (κ1) is 22.9. The molecule has 36 heavy (non-hydrogen) atoms. The van der Waals surface area contributed by atoms with E-state index in [0.29, 0.717) is 12.1 Å². The van der Waals surface area contributed by atoms with Crippen molar-refractivity contribution < 1.29 is 24.2 Å². The van der Waals surface area contributed by atoms with Crippen LogP contribution in [0.15, 0.2) is 48.6 Å². The molecule has 4 aliphatic rings. The van der Waals surface area contributed by atoms with E-state index in [2.05, 4.69) is 10.3 Å². The van der Waals surface area contributed by atoms with E-state index in [4.69, 9.17) is 4.74 Å². The summed E-state index contributed by atoms with van der Waals surface area (Å²) in [7, 11) is 1.70. The molecule has 2 aromatic rings. The SMILES string of the molecule is C[C@H](CO)N1C(=O)[C@@H]2[C@@H]3C(=O)N(C)CC=C[C@@H]3O[C@@]23C=CCN(Cn2nnc4ccccc42)C(=O)C13. The van der Waals surface area contributed by atoms with Crippen LogP contribution in [0.1, 0.15) is 6.92 Å². The average molecular weight is 493 g/mol. The van der Waals surface area contributed by atoms with E-state index in [0.717, 1.165) is 5.52 Å². The van der Waals surface area contributed by atoms with Gasteiger partial charge in [0.15, 0.2) is 0 Å². The maximum atomic E-state index is 14.2. The van der Waals surface area contributed by atoms with E-state index in [1.807, 2.05) is 42.5 Å². The van der Waals surface area contributed by atoms with Crippen molar-refractivity contribution in [2.45, 2.75) is 37.4 Å². The zero-order valence-corrected chi connectivity index (χ0v) is 20.1. The molecule has 188 valence electrons. The lowest BCUT2D eigenvalue weighted by Gasteiger charge is -2.37. The highest BCUT2D eigenvalue weighted by atomic mass is 16.5. The lowest BCUT2D eigenvalue weighted by atomic mass is 9.77. The molecule has 1 aromatic carbocycles. The maximum Gasteiger partial charge on any atom is 0.250 e. The molecule has 6 rings (SSSR count). The number of benzene rings is 1. The number of fused-ring (bicyclic) bond motifs is 3. The van der Waals surface area contributed by atoms with Gasteiger partial charge in [0.2, 0.25) is 11.8 Å². The third kappa shape index (κ3) is 3.09. The Bertz CT molecular complexity index is 1300. The Morgan fingerprint density at radius 3 is 2.75 bits per heavy atom. The lowest BCUT2D eigenvalue weighted by Crippen LogP contribution is -2.57. The number of rotatable bonds is 4. The number of carbonyl (C=O) groups excluding carboxylic acids is 3. The Kier molecular flexibility index (Phi) is 5.23. The van der Waals surface area contributed by atoms with Gasteiger partial charge in [-0.2, -0.15) is 0 Å². The van der Waals surface area contributed by atoms with Gasteiger partial charge in [0.1, 0.15) is 23.8 Å². The average Bonchev–Trinajstić information content (AvgIpc) is 3.44. The highest BCUT2D eigenvalue weighted by molar-refractivity contribution is 6.00. The Labute approximate surface area is 207 Å². The minimum absolute atomic E-state index is 0.130. The van der Waals surface area contributed by atoms with Gasteiger partial charge in [-0.3, -0.25) is 14.4 Å². The van der Waals surface area contributed by atoms with Crippen LogP contribution in [0.2, 0.25) is 0 Å². The summed E-state index contributed by atoms with van der Waals surface area (Å²) in [5.74, 6) is -2.47. The van der Waals surface area contributed by atoms with Crippen molar-refractivity contribution in [1.29, 1.82) is 0 Å². The number of likely N-dealkylation sites (N-methyl/N-ethyl adjacent to an activating group) is 1. The molecule has 0 bridgehead atoms. The number of amides is 3.